The quantitative estimate of drug-likeness (QED) is 0.853. The normalized spacial score (nSPS) is 12.4. The average Bonchev–Trinajstić information content (AvgIpc) is 2.43. The molecule has 0 fully saturated rings. The van der Waals surface area contributed by atoms with E-state index in [1.54, 1.807) is 18.3 Å². The molecule has 2 rings (SSSR count). The Labute approximate surface area is 116 Å². The van der Waals surface area contributed by atoms with Crippen molar-refractivity contribution in [1.29, 1.82) is 0 Å². The zero-order valence-electron chi connectivity index (χ0n) is 10.7. The van der Waals surface area contributed by atoms with Crippen LogP contribution in [0.4, 0.5) is 4.39 Å². The highest BCUT2D eigenvalue weighted by atomic mass is 32.2. The molecule has 2 N–H and O–H groups in total. The van der Waals surface area contributed by atoms with Gasteiger partial charge in [-0.25, -0.2) is 14.4 Å². The molecule has 1 aromatic heterocycles. The molecule has 1 heterocycles. The van der Waals surface area contributed by atoms with Gasteiger partial charge in [0.25, 0.3) is 0 Å². The molecule has 0 radical (unpaired) electrons. The Bertz CT molecular complexity index is 533. The van der Waals surface area contributed by atoms with Gasteiger partial charge >= 0.3 is 0 Å². The van der Waals surface area contributed by atoms with Crippen molar-refractivity contribution in [3.8, 4) is 0 Å². The lowest BCUT2D eigenvalue weighted by Gasteiger charge is -2.13. The maximum absolute atomic E-state index is 14.0. The van der Waals surface area contributed by atoms with Crippen LogP contribution in [0.25, 0.3) is 0 Å². The van der Waals surface area contributed by atoms with Crippen molar-refractivity contribution in [3.05, 3.63) is 48.2 Å². The van der Waals surface area contributed by atoms with Gasteiger partial charge in [0, 0.05) is 12.2 Å². The zero-order chi connectivity index (χ0) is 13.7. The fourth-order valence-electron chi connectivity index (χ4n) is 1.70. The van der Waals surface area contributed by atoms with Crippen LogP contribution in [0.5, 0.6) is 0 Å². The molecular formula is C14H16FN3S. The smallest absolute Gasteiger partial charge is 0.137 e. The Balaban J connectivity index is 2.27. The SMILES string of the molecule is CCC(N)Cc1cccc(F)c1Sc1ccncn1. The molecule has 100 valence electrons. The number of rotatable bonds is 5. The summed E-state index contributed by atoms with van der Waals surface area (Å²) in [4.78, 5) is 8.57. The van der Waals surface area contributed by atoms with E-state index < -0.39 is 0 Å². The number of benzene rings is 1. The lowest BCUT2D eigenvalue weighted by Crippen LogP contribution is -2.21. The molecule has 0 spiro atoms. The van der Waals surface area contributed by atoms with Gasteiger partial charge in [0.1, 0.15) is 17.2 Å². The van der Waals surface area contributed by atoms with E-state index >= 15 is 0 Å². The largest absolute Gasteiger partial charge is 0.327 e. The minimum atomic E-state index is -0.232. The Morgan fingerprint density at radius 3 is 2.89 bits per heavy atom. The van der Waals surface area contributed by atoms with Gasteiger partial charge in [0.2, 0.25) is 0 Å². The molecular weight excluding hydrogens is 261 g/mol. The van der Waals surface area contributed by atoms with E-state index in [1.165, 1.54) is 24.2 Å². The fraction of sp³-hybridized carbons (Fsp3) is 0.286. The van der Waals surface area contributed by atoms with E-state index in [1.807, 2.05) is 13.0 Å². The Morgan fingerprint density at radius 1 is 1.37 bits per heavy atom. The molecule has 19 heavy (non-hydrogen) atoms. The molecule has 0 aliphatic heterocycles. The van der Waals surface area contributed by atoms with Gasteiger partial charge in [-0.05, 0) is 30.5 Å². The summed E-state index contributed by atoms with van der Waals surface area (Å²) in [6.07, 6.45) is 4.64. The number of nitrogens with zero attached hydrogens (tertiary/aromatic N) is 2. The molecule has 0 aliphatic rings. The molecule has 2 aromatic rings. The molecule has 0 amide bonds. The van der Waals surface area contributed by atoms with Gasteiger partial charge in [0.05, 0.1) is 4.90 Å². The predicted octanol–water partition coefficient (Wildman–Crippen LogP) is 3.05. The minimum Gasteiger partial charge on any atom is -0.327 e. The summed E-state index contributed by atoms with van der Waals surface area (Å²) >= 11 is 1.31. The van der Waals surface area contributed by atoms with Crippen LogP contribution < -0.4 is 5.73 Å². The maximum Gasteiger partial charge on any atom is 0.137 e. The van der Waals surface area contributed by atoms with E-state index in [2.05, 4.69) is 9.97 Å². The van der Waals surface area contributed by atoms with Crippen LogP contribution in [0.2, 0.25) is 0 Å². The van der Waals surface area contributed by atoms with Crippen LogP contribution in [0.1, 0.15) is 18.9 Å². The zero-order valence-corrected chi connectivity index (χ0v) is 11.5. The summed E-state index contributed by atoms with van der Waals surface area (Å²) in [5, 5.41) is 0.728. The van der Waals surface area contributed by atoms with E-state index in [4.69, 9.17) is 5.73 Å². The molecule has 0 aliphatic carbocycles. The fourth-order valence-corrected chi connectivity index (χ4v) is 2.58. The van der Waals surface area contributed by atoms with Crippen molar-refractivity contribution >= 4 is 11.8 Å². The van der Waals surface area contributed by atoms with Crippen molar-refractivity contribution in [2.45, 2.75) is 35.7 Å². The summed E-state index contributed by atoms with van der Waals surface area (Å²) in [5.41, 5.74) is 6.89. The number of hydrogen-bond donors (Lipinski definition) is 1. The number of nitrogens with two attached hydrogens (primary N) is 1. The lowest BCUT2D eigenvalue weighted by atomic mass is 10.0. The first-order valence-electron chi connectivity index (χ1n) is 6.17. The number of hydrogen-bond acceptors (Lipinski definition) is 4. The average molecular weight is 277 g/mol. The summed E-state index contributed by atoms with van der Waals surface area (Å²) in [7, 11) is 0. The second-order valence-corrected chi connectivity index (χ2v) is 5.28. The number of halogens is 1. The third kappa shape index (κ3) is 3.75. The molecule has 0 saturated carbocycles. The first-order valence-corrected chi connectivity index (χ1v) is 6.99. The molecule has 3 nitrogen and oxygen atoms in total. The van der Waals surface area contributed by atoms with Crippen molar-refractivity contribution in [1.82, 2.24) is 9.97 Å². The summed E-state index contributed by atoms with van der Waals surface area (Å²) in [6, 6.07) is 6.91. The van der Waals surface area contributed by atoms with Gasteiger partial charge in [-0.2, -0.15) is 0 Å². The van der Waals surface area contributed by atoms with Gasteiger partial charge in [-0.1, -0.05) is 30.8 Å². The Hall–Kier alpha value is -1.46. The molecule has 0 saturated heterocycles. The van der Waals surface area contributed by atoms with E-state index in [9.17, 15) is 4.39 Å². The van der Waals surface area contributed by atoms with E-state index in [0.717, 1.165) is 17.0 Å². The van der Waals surface area contributed by atoms with Crippen LogP contribution in [-0.2, 0) is 6.42 Å². The summed E-state index contributed by atoms with van der Waals surface area (Å²) in [6.45, 7) is 2.03. The highest BCUT2D eigenvalue weighted by Crippen LogP contribution is 2.31. The molecule has 0 bridgehead atoms. The molecule has 1 aromatic carbocycles. The standard InChI is InChI=1S/C14H16FN3S/c1-2-11(16)8-10-4-3-5-12(15)14(10)19-13-6-7-17-9-18-13/h3-7,9,11H,2,8,16H2,1H3. The van der Waals surface area contributed by atoms with Crippen molar-refractivity contribution in [2.75, 3.05) is 0 Å². The van der Waals surface area contributed by atoms with Crippen LogP contribution in [0.15, 0.2) is 46.7 Å². The first-order chi connectivity index (χ1) is 9.20. The molecule has 1 atom stereocenters. The number of aromatic nitrogens is 2. The van der Waals surface area contributed by atoms with E-state index in [0.29, 0.717) is 11.3 Å². The summed E-state index contributed by atoms with van der Waals surface area (Å²) < 4.78 is 14.0. The Morgan fingerprint density at radius 2 is 2.21 bits per heavy atom. The lowest BCUT2D eigenvalue weighted by molar-refractivity contribution is 0.585. The van der Waals surface area contributed by atoms with Crippen LogP contribution in [-0.4, -0.2) is 16.0 Å². The molecule has 5 heteroatoms. The maximum atomic E-state index is 14.0. The molecule has 1 unspecified atom stereocenters. The van der Waals surface area contributed by atoms with Crippen LogP contribution in [0.3, 0.4) is 0 Å². The van der Waals surface area contributed by atoms with Crippen molar-refractivity contribution < 1.29 is 4.39 Å². The highest BCUT2D eigenvalue weighted by molar-refractivity contribution is 7.99. The second-order valence-electron chi connectivity index (χ2n) is 4.25. The van der Waals surface area contributed by atoms with Crippen LogP contribution in [0, 0.1) is 5.82 Å². The van der Waals surface area contributed by atoms with Gasteiger partial charge < -0.3 is 5.73 Å². The topological polar surface area (TPSA) is 51.8 Å². The third-order valence-electron chi connectivity index (χ3n) is 2.82. The predicted molar refractivity (Wildman–Crippen MR) is 74.5 cm³/mol. The van der Waals surface area contributed by atoms with Crippen molar-refractivity contribution in [3.63, 3.8) is 0 Å². The summed E-state index contributed by atoms with van der Waals surface area (Å²) in [5.74, 6) is -0.232. The van der Waals surface area contributed by atoms with E-state index in [-0.39, 0.29) is 11.9 Å². The monoisotopic (exact) mass is 277 g/mol. The van der Waals surface area contributed by atoms with Gasteiger partial charge in [0.15, 0.2) is 0 Å². The van der Waals surface area contributed by atoms with Gasteiger partial charge in [-0.3, -0.25) is 0 Å². The van der Waals surface area contributed by atoms with Gasteiger partial charge in [-0.15, -0.1) is 0 Å². The Kier molecular flexibility index (Phi) is 4.87. The van der Waals surface area contributed by atoms with Crippen LogP contribution >= 0.6 is 11.8 Å². The highest BCUT2D eigenvalue weighted by Gasteiger charge is 2.13. The minimum absolute atomic E-state index is 0.0477. The first kappa shape index (κ1) is 14.0. The van der Waals surface area contributed by atoms with Crippen molar-refractivity contribution in [2.24, 2.45) is 5.73 Å². The second kappa shape index (κ2) is 6.63. The third-order valence-corrected chi connectivity index (χ3v) is 3.93.